The van der Waals surface area contributed by atoms with Gasteiger partial charge in [0.15, 0.2) is 0 Å². The summed E-state index contributed by atoms with van der Waals surface area (Å²) in [5, 5.41) is 0. The van der Waals surface area contributed by atoms with E-state index in [2.05, 4.69) is 28.8 Å². The van der Waals surface area contributed by atoms with Gasteiger partial charge in [0.25, 0.3) is 0 Å². The molecule has 0 aromatic rings. The molecule has 0 amide bonds. The first kappa shape index (κ1) is 13.3. The van der Waals surface area contributed by atoms with Gasteiger partial charge in [0, 0.05) is 31.7 Å². The third kappa shape index (κ3) is 3.91. The Morgan fingerprint density at radius 1 is 1.00 bits per heavy atom. The monoisotopic (exact) mass is 240 g/mol. The van der Waals surface area contributed by atoms with E-state index in [-0.39, 0.29) is 0 Å². The molecule has 2 aliphatic rings. The molecule has 2 N–H and O–H groups in total. The number of piperidine rings is 1. The molecule has 4 nitrogen and oxygen atoms in total. The molecule has 0 radical (unpaired) electrons. The van der Waals surface area contributed by atoms with Gasteiger partial charge < -0.3 is 20.4 Å². The van der Waals surface area contributed by atoms with Crippen LogP contribution in [-0.2, 0) is 0 Å². The van der Waals surface area contributed by atoms with Crippen molar-refractivity contribution < 1.29 is 0 Å². The smallest absolute Gasteiger partial charge is 0.0229 e. The van der Waals surface area contributed by atoms with Gasteiger partial charge in [-0.25, -0.2) is 0 Å². The lowest BCUT2D eigenvalue weighted by molar-refractivity contribution is 0.180. The number of rotatable bonds is 4. The first-order valence-corrected chi connectivity index (χ1v) is 7.02. The van der Waals surface area contributed by atoms with Crippen molar-refractivity contribution in [1.29, 1.82) is 0 Å². The van der Waals surface area contributed by atoms with Crippen LogP contribution in [0.25, 0.3) is 0 Å². The molecule has 100 valence electrons. The maximum atomic E-state index is 5.92. The van der Waals surface area contributed by atoms with Crippen LogP contribution in [-0.4, -0.2) is 80.1 Å². The largest absolute Gasteiger partial charge is 0.328 e. The predicted octanol–water partition coefficient (Wildman–Crippen LogP) is 0.0454. The second-order valence-corrected chi connectivity index (χ2v) is 5.89. The minimum absolute atomic E-state index is 0.455. The standard InChI is InChI=1S/C13H28N4/c1-15(2)13-5-8-17(11-13)10-9-16-6-3-12(14)4-7-16/h12-13H,3-11,14H2,1-2H3. The van der Waals surface area contributed by atoms with Crippen LogP contribution in [0.4, 0.5) is 0 Å². The van der Waals surface area contributed by atoms with Crippen molar-refractivity contribution in [3.05, 3.63) is 0 Å². The van der Waals surface area contributed by atoms with Crippen molar-refractivity contribution in [2.45, 2.75) is 31.3 Å². The summed E-state index contributed by atoms with van der Waals surface area (Å²) >= 11 is 0. The SMILES string of the molecule is CN(C)C1CCN(CCN2CCC(N)CC2)C1. The highest BCUT2D eigenvalue weighted by Crippen LogP contribution is 2.13. The Labute approximate surface area is 106 Å². The van der Waals surface area contributed by atoms with Crippen molar-refractivity contribution >= 4 is 0 Å². The number of nitrogens with zero attached hydrogens (tertiary/aromatic N) is 3. The Morgan fingerprint density at radius 3 is 2.18 bits per heavy atom. The summed E-state index contributed by atoms with van der Waals surface area (Å²) in [4.78, 5) is 7.55. The Balaban J connectivity index is 1.63. The molecule has 0 aromatic carbocycles. The molecule has 2 heterocycles. The van der Waals surface area contributed by atoms with Crippen LogP contribution in [0.1, 0.15) is 19.3 Å². The summed E-state index contributed by atoms with van der Waals surface area (Å²) in [5.41, 5.74) is 5.92. The van der Waals surface area contributed by atoms with E-state index in [0.29, 0.717) is 6.04 Å². The topological polar surface area (TPSA) is 35.7 Å². The third-order valence-corrected chi connectivity index (χ3v) is 4.34. The van der Waals surface area contributed by atoms with E-state index in [1.54, 1.807) is 0 Å². The summed E-state index contributed by atoms with van der Waals surface area (Å²) in [7, 11) is 4.39. The van der Waals surface area contributed by atoms with Gasteiger partial charge in [0.05, 0.1) is 0 Å². The Bertz CT molecular complexity index is 223. The molecule has 0 aromatic heterocycles. The molecule has 2 saturated heterocycles. The number of hydrogen-bond donors (Lipinski definition) is 1. The van der Waals surface area contributed by atoms with E-state index in [1.165, 1.54) is 58.5 Å². The Hall–Kier alpha value is -0.160. The molecule has 1 atom stereocenters. The van der Waals surface area contributed by atoms with Gasteiger partial charge in [0.1, 0.15) is 0 Å². The lowest BCUT2D eigenvalue weighted by atomic mass is 10.1. The van der Waals surface area contributed by atoms with Crippen LogP contribution < -0.4 is 5.73 Å². The Morgan fingerprint density at radius 2 is 1.59 bits per heavy atom. The van der Waals surface area contributed by atoms with E-state index in [4.69, 9.17) is 5.73 Å². The van der Waals surface area contributed by atoms with Crippen LogP contribution in [0.3, 0.4) is 0 Å². The fraction of sp³-hybridized carbons (Fsp3) is 1.00. The summed E-state index contributed by atoms with van der Waals surface area (Å²) in [5.74, 6) is 0. The van der Waals surface area contributed by atoms with Gasteiger partial charge in [-0.05, 0) is 53.0 Å². The third-order valence-electron chi connectivity index (χ3n) is 4.34. The summed E-state index contributed by atoms with van der Waals surface area (Å²) in [6.07, 6.45) is 3.69. The number of likely N-dealkylation sites (N-methyl/N-ethyl adjacent to an activating group) is 1. The highest BCUT2D eigenvalue weighted by molar-refractivity contribution is 4.82. The van der Waals surface area contributed by atoms with Gasteiger partial charge in [-0.3, -0.25) is 0 Å². The van der Waals surface area contributed by atoms with E-state index in [1.807, 2.05) is 0 Å². The van der Waals surface area contributed by atoms with Crippen molar-refractivity contribution in [2.75, 3.05) is 53.4 Å². The molecule has 1 unspecified atom stereocenters. The number of hydrogen-bond acceptors (Lipinski definition) is 4. The van der Waals surface area contributed by atoms with E-state index in [0.717, 1.165) is 6.04 Å². The summed E-state index contributed by atoms with van der Waals surface area (Å²) < 4.78 is 0. The highest BCUT2D eigenvalue weighted by Gasteiger charge is 2.24. The molecule has 0 spiro atoms. The van der Waals surface area contributed by atoms with E-state index in [9.17, 15) is 0 Å². The molecule has 0 bridgehead atoms. The van der Waals surface area contributed by atoms with Crippen molar-refractivity contribution in [3.63, 3.8) is 0 Å². The van der Waals surface area contributed by atoms with Crippen LogP contribution >= 0.6 is 0 Å². The molecule has 4 heteroatoms. The second kappa shape index (κ2) is 6.14. The van der Waals surface area contributed by atoms with Crippen LogP contribution in [0.2, 0.25) is 0 Å². The quantitative estimate of drug-likeness (QED) is 0.753. The Kier molecular flexibility index (Phi) is 4.79. The van der Waals surface area contributed by atoms with Crippen LogP contribution in [0, 0.1) is 0 Å². The summed E-state index contributed by atoms with van der Waals surface area (Å²) in [6, 6.07) is 1.22. The molecule has 17 heavy (non-hydrogen) atoms. The first-order valence-electron chi connectivity index (χ1n) is 7.02. The molecular weight excluding hydrogens is 212 g/mol. The molecule has 2 fully saturated rings. The maximum absolute atomic E-state index is 5.92. The van der Waals surface area contributed by atoms with Gasteiger partial charge in [-0.15, -0.1) is 0 Å². The molecule has 0 saturated carbocycles. The lowest BCUT2D eigenvalue weighted by Crippen LogP contribution is -2.43. The number of nitrogens with two attached hydrogens (primary N) is 1. The molecule has 2 aliphatic heterocycles. The fourth-order valence-corrected chi connectivity index (χ4v) is 2.90. The summed E-state index contributed by atoms with van der Waals surface area (Å²) in [6.45, 7) is 7.39. The maximum Gasteiger partial charge on any atom is 0.0229 e. The zero-order valence-electron chi connectivity index (χ0n) is 11.4. The molecule has 0 aliphatic carbocycles. The van der Waals surface area contributed by atoms with Gasteiger partial charge in [0.2, 0.25) is 0 Å². The van der Waals surface area contributed by atoms with Crippen molar-refractivity contribution in [1.82, 2.24) is 14.7 Å². The van der Waals surface area contributed by atoms with E-state index >= 15 is 0 Å². The average Bonchev–Trinajstić information content (AvgIpc) is 2.77. The first-order chi connectivity index (χ1) is 8.15. The van der Waals surface area contributed by atoms with Gasteiger partial charge in [-0.1, -0.05) is 0 Å². The normalized spacial score (nSPS) is 29.3. The minimum Gasteiger partial charge on any atom is -0.328 e. The molecular formula is C13H28N4. The zero-order chi connectivity index (χ0) is 12.3. The van der Waals surface area contributed by atoms with E-state index < -0.39 is 0 Å². The highest BCUT2D eigenvalue weighted by atomic mass is 15.3. The van der Waals surface area contributed by atoms with Crippen molar-refractivity contribution in [3.8, 4) is 0 Å². The molecule has 2 rings (SSSR count). The van der Waals surface area contributed by atoms with Crippen LogP contribution in [0.15, 0.2) is 0 Å². The second-order valence-electron chi connectivity index (χ2n) is 5.89. The predicted molar refractivity (Wildman–Crippen MR) is 72.2 cm³/mol. The van der Waals surface area contributed by atoms with Crippen LogP contribution in [0.5, 0.6) is 0 Å². The minimum atomic E-state index is 0.455. The van der Waals surface area contributed by atoms with Crippen molar-refractivity contribution in [2.24, 2.45) is 5.73 Å². The van der Waals surface area contributed by atoms with Gasteiger partial charge in [-0.2, -0.15) is 0 Å². The van der Waals surface area contributed by atoms with Gasteiger partial charge >= 0.3 is 0 Å². The zero-order valence-corrected chi connectivity index (χ0v) is 11.4. The number of likely N-dealkylation sites (tertiary alicyclic amines) is 2. The lowest BCUT2D eigenvalue weighted by Gasteiger charge is -2.31. The average molecular weight is 240 g/mol. The fourth-order valence-electron chi connectivity index (χ4n) is 2.90.